The average Bonchev–Trinajstić information content (AvgIpc) is 3.32. The van der Waals surface area contributed by atoms with Gasteiger partial charge in [-0.25, -0.2) is 4.99 Å². The number of nitrogens with zero attached hydrogens (tertiary/aromatic N) is 2. The van der Waals surface area contributed by atoms with Crippen LogP contribution in [-0.2, 0) is 6.54 Å². The molecule has 6 nitrogen and oxygen atoms in total. The summed E-state index contributed by atoms with van der Waals surface area (Å²) < 4.78 is 11.2. The summed E-state index contributed by atoms with van der Waals surface area (Å²) in [5, 5.41) is 10.5. The third-order valence-electron chi connectivity index (χ3n) is 5.11. The van der Waals surface area contributed by atoms with Gasteiger partial charge < -0.3 is 25.0 Å². The van der Waals surface area contributed by atoms with Gasteiger partial charge in [0.05, 0.1) is 25.3 Å². The number of guanidine groups is 1. The second kappa shape index (κ2) is 13.7. The maximum Gasteiger partial charge on any atom is 0.191 e. The Labute approximate surface area is 207 Å². The first-order valence-electron chi connectivity index (χ1n) is 10.9. The minimum absolute atomic E-state index is 0. The number of rotatable bonds is 9. The van der Waals surface area contributed by atoms with Crippen molar-refractivity contribution in [2.75, 3.05) is 38.3 Å². The molecule has 0 spiro atoms. The molecular weight excluding hydrogens is 523 g/mol. The number of aliphatic imine (C=N–C) groups is 1. The van der Waals surface area contributed by atoms with E-state index in [1.165, 1.54) is 5.00 Å². The van der Waals surface area contributed by atoms with E-state index in [-0.39, 0.29) is 24.0 Å². The fourth-order valence-electron chi connectivity index (χ4n) is 3.52. The predicted octanol–water partition coefficient (Wildman–Crippen LogP) is 4.89. The van der Waals surface area contributed by atoms with E-state index in [9.17, 15) is 0 Å². The maximum absolute atomic E-state index is 5.74. The van der Waals surface area contributed by atoms with Crippen LogP contribution in [0.5, 0.6) is 11.5 Å². The molecular formula is C23H35IN4O2S. The molecule has 2 heterocycles. The molecule has 1 aromatic heterocycles. The van der Waals surface area contributed by atoms with Crippen molar-refractivity contribution in [1.29, 1.82) is 0 Å². The number of halogens is 1. The zero-order valence-electron chi connectivity index (χ0n) is 18.7. The minimum atomic E-state index is 0. The van der Waals surface area contributed by atoms with Crippen molar-refractivity contribution in [2.45, 2.75) is 45.7 Å². The van der Waals surface area contributed by atoms with Crippen molar-refractivity contribution >= 4 is 46.3 Å². The van der Waals surface area contributed by atoms with Gasteiger partial charge in [0.2, 0.25) is 0 Å². The predicted molar refractivity (Wildman–Crippen MR) is 142 cm³/mol. The lowest BCUT2D eigenvalue weighted by Gasteiger charge is -2.33. The number of hydrogen-bond acceptors (Lipinski definition) is 5. The Morgan fingerprint density at radius 3 is 2.65 bits per heavy atom. The van der Waals surface area contributed by atoms with Crippen LogP contribution in [-0.4, -0.2) is 45.4 Å². The molecule has 0 amide bonds. The summed E-state index contributed by atoms with van der Waals surface area (Å²) in [7, 11) is 1.68. The number of anilines is 1. The Morgan fingerprint density at radius 2 is 2.00 bits per heavy atom. The molecule has 0 atom stereocenters. The maximum atomic E-state index is 5.74. The van der Waals surface area contributed by atoms with Crippen LogP contribution in [0.2, 0.25) is 0 Å². The van der Waals surface area contributed by atoms with Crippen LogP contribution in [0.1, 0.15) is 38.7 Å². The molecule has 0 bridgehead atoms. The zero-order chi connectivity index (χ0) is 21.2. The van der Waals surface area contributed by atoms with Crippen molar-refractivity contribution in [3.63, 3.8) is 0 Å². The summed E-state index contributed by atoms with van der Waals surface area (Å²) in [6.45, 7) is 8.47. The van der Waals surface area contributed by atoms with E-state index in [2.05, 4.69) is 53.0 Å². The first kappa shape index (κ1) is 25.6. The van der Waals surface area contributed by atoms with Gasteiger partial charge in [0.1, 0.15) is 0 Å². The fraction of sp³-hybridized carbons (Fsp3) is 0.522. The highest BCUT2D eigenvalue weighted by molar-refractivity contribution is 14.0. The molecule has 31 heavy (non-hydrogen) atoms. The monoisotopic (exact) mass is 558 g/mol. The smallest absolute Gasteiger partial charge is 0.191 e. The fourth-order valence-corrected chi connectivity index (χ4v) is 4.30. The Hall–Kier alpha value is -1.68. The molecule has 0 radical (unpaired) electrons. The van der Waals surface area contributed by atoms with Gasteiger partial charge in [0, 0.05) is 25.7 Å². The lowest BCUT2D eigenvalue weighted by atomic mass is 10.1. The van der Waals surface area contributed by atoms with Crippen molar-refractivity contribution in [2.24, 2.45) is 4.99 Å². The van der Waals surface area contributed by atoms with Crippen LogP contribution in [0.15, 0.2) is 40.7 Å². The van der Waals surface area contributed by atoms with Gasteiger partial charge >= 0.3 is 0 Å². The quantitative estimate of drug-likeness (QED) is 0.261. The number of thiophene rings is 1. The van der Waals surface area contributed by atoms with Crippen LogP contribution >= 0.6 is 35.3 Å². The van der Waals surface area contributed by atoms with Crippen LogP contribution in [0.4, 0.5) is 5.00 Å². The number of hydrogen-bond donors (Lipinski definition) is 2. The van der Waals surface area contributed by atoms with E-state index in [0.29, 0.717) is 19.2 Å². The average molecular weight is 559 g/mol. The first-order valence-corrected chi connectivity index (χ1v) is 11.7. The zero-order valence-corrected chi connectivity index (χ0v) is 21.9. The van der Waals surface area contributed by atoms with Crippen LogP contribution < -0.4 is 25.0 Å². The molecule has 2 N–H and O–H groups in total. The summed E-state index contributed by atoms with van der Waals surface area (Å²) in [5.74, 6) is 2.42. The normalized spacial score (nSPS) is 14.7. The molecule has 0 unspecified atom stereocenters. The standard InChI is InChI=1S/C23H34N4O2S.HI/c1-4-14-29-20-9-8-18(16-21(20)28-3)17-25-23(24-5-2)26-19-10-12-27(13-11-19)22-7-6-15-30-22;/h6-9,15-16,19H,4-5,10-14,17H2,1-3H3,(H2,24,25,26);1H. The number of ether oxygens (including phenoxy) is 2. The van der Waals surface area contributed by atoms with E-state index >= 15 is 0 Å². The number of nitrogens with one attached hydrogen (secondary N) is 2. The Kier molecular flexibility index (Phi) is 11.3. The second-order valence-corrected chi connectivity index (χ2v) is 8.31. The number of benzene rings is 1. The third-order valence-corrected chi connectivity index (χ3v) is 6.04. The molecule has 172 valence electrons. The topological polar surface area (TPSA) is 58.1 Å². The highest BCUT2D eigenvalue weighted by Gasteiger charge is 2.20. The summed E-state index contributed by atoms with van der Waals surface area (Å²) >= 11 is 1.82. The molecule has 1 saturated heterocycles. The summed E-state index contributed by atoms with van der Waals surface area (Å²) in [6, 6.07) is 10.8. The molecule has 1 aromatic carbocycles. The molecule has 1 fully saturated rings. The van der Waals surface area contributed by atoms with E-state index in [1.54, 1.807) is 7.11 Å². The molecule has 0 saturated carbocycles. The Bertz CT molecular complexity index is 793. The van der Waals surface area contributed by atoms with Gasteiger partial charge in [-0.15, -0.1) is 35.3 Å². The van der Waals surface area contributed by atoms with E-state index in [4.69, 9.17) is 14.5 Å². The van der Waals surface area contributed by atoms with Crippen LogP contribution in [0.3, 0.4) is 0 Å². The van der Waals surface area contributed by atoms with Gasteiger partial charge in [0.25, 0.3) is 0 Å². The van der Waals surface area contributed by atoms with Crippen molar-refractivity contribution in [3.8, 4) is 11.5 Å². The summed E-state index contributed by atoms with van der Waals surface area (Å²) in [4.78, 5) is 7.27. The first-order chi connectivity index (χ1) is 14.7. The minimum Gasteiger partial charge on any atom is -0.493 e. The SMILES string of the molecule is CCCOc1ccc(CN=C(NCC)NC2CCN(c3cccs3)CC2)cc1OC.I. The van der Waals surface area contributed by atoms with Crippen molar-refractivity contribution in [1.82, 2.24) is 10.6 Å². The van der Waals surface area contributed by atoms with Crippen LogP contribution in [0.25, 0.3) is 0 Å². The number of piperidine rings is 1. The second-order valence-electron chi connectivity index (χ2n) is 7.39. The highest BCUT2D eigenvalue weighted by Crippen LogP contribution is 2.28. The van der Waals surface area contributed by atoms with E-state index in [1.807, 2.05) is 23.5 Å². The molecule has 2 aromatic rings. The highest BCUT2D eigenvalue weighted by atomic mass is 127. The van der Waals surface area contributed by atoms with Gasteiger partial charge in [-0.1, -0.05) is 13.0 Å². The van der Waals surface area contributed by atoms with Crippen molar-refractivity contribution < 1.29 is 9.47 Å². The summed E-state index contributed by atoms with van der Waals surface area (Å²) in [6.07, 6.45) is 3.19. The lowest BCUT2D eigenvalue weighted by molar-refractivity contribution is 0.294. The largest absolute Gasteiger partial charge is 0.493 e. The van der Waals surface area contributed by atoms with Gasteiger partial charge in [-0.3, -0.25) is 0 Å². The summed E-state index contributed by atoms with van der Waals surface area (Å²) in [5.41, 5.74) is 1.10. The lowest BCUT2D eigenvalue weighted by Crippen LogP contribution is -2.48. The van der Waals surface area contributed by atoms with E-state index < -0.39 is 0 Å². The van der Waals surface area contributed by atoms with Gasteiger partial charge in [-0.2, -0.15) is 0 Å². The molecule has 3 rings (SSSR count). The third kappa shape index (κ3) is 7.75. The number of methoxy groups -OCH3 is 1. The molecule has 1 aliphatic rings. The Morgan fingerprint density at radius 1 is 1.19 bits per heavy atom. The molecule has 1 aliphatic heterocycles. The Balaban J connectivity index is 0.00000341. The van der Waals surface area contributed by atoms with Crippen LogP contribution in [0, 0.1) is 0 Å². The van der Waals surface area contributed by atoms with Gasteiger partial charge in [-0.05, 0) is 61.4 Å². The van der Waals surface area contributed by atoms with Gasteiger partial charge in [0.15, 0.2) is 17.5 Å². The molecule has 0 aliphatic carbocycles. The van der Waals surface area contributed by atoms with Crippen molar-refractivity contribution in [3.05, 3.63) is 41.3 Å². The van der Waals surface area contributed by atoms with E-state index in [0.717, 1.165) is 61.9 Å². The molecule has 8 heteroatoms.